The van der Waals surface area contributed by atoms with E-state index in [0.29, 0.717) is 8.19 Å². The van der Waals surface area contributed by atoms with Gasteiger partial charge in [0.25, 0.3) is 0 Å². The van der Waals surface area contributed by atoms with Gasteiger partial charge in [0.15, 0.2) is 0 Å². The standard InChI is InChI=1S/C66H44NO3P/c1-65(2)43-30-32-52-57(41-20-10-12-22-49(41)68-52)59(43)61-45(65)34-47(55-39-18-8-13-23-50(39)69-63(55)61)67(38-28-26-37(27-29-38)36-16-6-5-7-17-36)48-35-46-62(64-56(48)40-19-9-14-24-51(40)70-64)60-44(66(46,3)4)31-33-54-58(60)42-21-11-15-25-53(42)71-54/h5-35,71H,1-4H3. The van der Waals surface area contributed by atoms with E-state index in [-0.39, 0.29) is 5.41 Å². The predicted octanol–water partition coefficient (Wildman–Crippen LogP) is 19.5. The summed E-state index contributed by atoms with van der Waals surface area (Å²) in [5, 5.41) is 12.1. The molecular formula is C66H44NO3P. The molecule has 4 heterocycles. The fourth-order valence-corrected chi connectivity index (χ4v) is 14.4. The SMILES string of the molecule is CC1(C)c2cc(N(c3ccc(-c4ccccc4)cc3)c3cc4c(c5oc6ccccc6c35)-c3c(ccc5[pH]c6ccccc6c35)C4(C)C)c3c(oc4ccccc43)c2-c2c1ccc1oc3ccccc3c21. The molecule has 1 atom stereocenters. The molecule has 0 bridgehead atoms. The minimum atomic E-state index is -0.390. The first-order valence-electron chi connectivity index (χ1n) is 24.7. The van der Waals surface area contributed by atoms with Gasteiger partial charge in [-0.1, -0.05) is 167 Å². The summed E-state index contributed by atoms with van der Waals surface area (Å²) in [6, 6.07) is 68.7. The maximum Gasteiger partial charge on any atom is 0.145 e. The first-order valence-corrected chi connectivity index (χ1v) is 25.7. The molecule has 0 amide bonds. The molecule has 1 unspecified atom stereocenters. The minimum Gasteiger partial charge on any atom is -0.456 e. The van der Waals surface area contributed by atoms with Crippen LogP contribution in [0.5, 0.6) is 0 Å². The largest absolute Gasteiger partial charge is 0.456 e. The van der Waals surface area contributed by atoms with Crippen molar-refractivity contribution in [2.24, 2.45) is 0 Å². The van der Waals surface area contributed by atoms with Crippen molar-refractivity contribution in [2.75, 3.05) is 4.90 Å². The van der Waals surface area contributed by atoms with Crippen LogP contribution in [0.1, 0.15) is 49.9 Å². The van der Waals surface area contributed by atoms with E-state index in [4.69, 9.17) is 13.3 Å². The summed E-state index contributed by atoms with van der Waals surface area (Å²) in [7, 11) is 0.615. The number of para-hydroxylation sites is 3. The van der Waals surface area contributed by atoms with Gasteiger partial charge in [0.1, 0.15) is 33.5 Å². The van der Waals surface area contributed by atoms with Crippen molar-refractivity contribution in [3.05, 3.63) is 210 Å². The van der Waals surface area contributed by atoms with Crippen LogP contribution in [0.25, 0.3) is 120 Å². The molecule has 0 saturated carbocycles. The van der Waals surface area contributed by atoms with E-state index in [1.807, 2.05) is 0 Å². The Bertz CT molecular complexity index is 4380. The molecule has 2 aliphatic carbocycles. The Hall–Kier alpha value is -8.30. The van der Waals surface area contributed by atoms with Crippen molar-refractivity contribution in [1.29, 1.82) is 0 Å². The number of furan rings is 3. The fourth-order valence-electron chi connectivity index (χ4n) is 13.0. The molecule has 16 rings (SSSR count). The molecule has 336 valence electrons. The molecule has 0 fully saturated rings. The second kappa shape index (κ2) is 13.7. The Morgan fingerprint density at radius 3 is 1.44 bits per heavy atom. The molecule has 4 aromatic heterocycles. The molecule has 0 N–H and O–H groups in total. The molecule has 14 aromatic rings. The number of benzene rings is 10. The summed E-state index contributed by atoms with van der Waals surface area (Å²) >= 11 is 0. The highest BCUT2D eigenvalue weighted by molar-refractivity contribution is 7.44. The smallest absolute Gasteiger partial charge is 0.145 e. The lowest BCUT2D eigenvalue weighted by molar-refractivity contribution is 0.651. The highest BCUT2D eigenvalue weighted by Crippen LogP contribution is 2.62. The number of rotatable bonds is 4. The van der Waals surface area contributed by atoms with Crippen LogP contribution in [0, 0.1) is 0 Å². The van der Waals surface area contributed by atoms with Gasteiger partial charge in [0.05, 0.1) is 22.1 Å². The van der Waals surface area contributed by atoms with E-state index in [1.54, 1.807) is 0 Å². The molecule has 5 heteroatoms. The summed E-state index contributed by atoms with van der Waals surface area (Å²) in [5.41, 5.74) is 20.0. The third kappa shape index (κ3) is 5.10. The van der Waals surface area contributed by atoms with Crippen molar-refractivity contribution in [2.45, 2.75) is 38.5 Å². The van der Waals surface area contributed by atoms with E-state index < -0.39 is 5.41 Å². The lowest BCUT2D eigenvalue weighted by Gasteiger charge is -2.31. The van der Waals surface area contributed by atoms with Gasteiger partial charge in [-0.25, -0.2) is 0 Å². The molecule has 0 saturated heterocycles. The topological polar surface area (TPSA) is 42.7 Å². The normalized spacial score (nSPS) is 14.5. The fraction of sp³-hybridized carbons (Fsp3) is 0.0909. The number of nitrogens with zero attached hydrogens (tertiary/aromatic N) is 1. The Balaban J connectivity index is 1.06. The van der Waals surface area contributed by atoms with Crippen LogP contribution >= 0.6 is 8.19 Å². The third-order valence-corrected chi connectivity index (χ3v) is 17.8. The number of fused-ring (bicyclic) bond motifs is 22. The average molecular weight is 930 g/mol. The van der Waals surface area contributed by atoms with Crippen LogP contribution in [0.15, 0.2) is 201 Å². The van der Waals surface area contributed by atoms with E-state index >= 15 is 0 Å². The van der Waals surface area contributed by atoms with Crippen molar-refractivity contribution >= 4 is 112 Å². The van der Waals surface area contributed by atoms with Gasteiger partial charge in [-0.15, -0.1) is 8.19 Å². The number of anilines is 3. The minimum absolute atomic E-state index is 0.344. The summed E-state index contributed by atoms with van der Waals surface area (Å²) in [5.74, 6) is 0. The first-order chi connectivity index (χ1) is 34.7. The van der Waals surface area contributed by atoms with Crippen LogP contribution in [0.4, 0.5) is 17.1 Å². The highest BCUT2D eigenvalue weighted by atomic mass is 31.0. The van der Waals surface area contributed by atoms with E-state index in [2.05, 4.69) is 221 Å². The molecule has 2 aliphatic rings. The Labute approximate surface area is 410 Å². The first kappa shape index (κ1) is 39.5. The van der Waals surface area contributed by atoms with Crippen LogP contribution < -0.4 is 4.90 Å². The average Bonchev–Trinajstić information content (AvgIpc) is 4.25. The van der Waals surface area contributed by atoms with Gasteiger partial charge in [0, 0.05) is 65.3 Å². The van der Waals surface area contributed by atoms with Gasteiger partial charge in [0.2, 0.25) is 0 Å². The summed E-state index contributed by atoms with van der Waals surface area (Å²) in [6.45, 7) is 9.55. The summed E-state index contributed by atoms with van der Waals surface area (Å²) in [6.07, 6.45) is 0. The molecule has 0 radical (unpaired) electrons. The maximum atomic E-state index is 7.34. The molecule has 0 spiro atoms. The molecule has 4 nitrogen and oxygen atoms in total. The number of hydrogen-bond donors (Lipinski definition) is 0. The predicted molar refractivity (Wildman–Crippen MR) is 298 cm³/mol. The maximum absolute atomic E-state index is 7.34. The zero-order chi connectivity index (χ0) is 47.1. The zero-order valence-corrected chi connectivity index (χ0v) is 40.6. The number of hydrogen-bond acceptors (Lipinski definition) is 4. The van der Waals surface area contributed by atoms with E-state index in [9.17, 15) is 0 Å². The van der Waals surface area contributed by atoms with E-state index in [1.165, 1.54) is 65.5 Å². The van der Waals surface area contributed by atoms with Gasteiger partial charge in [-0.05, 0) is 98.0 Å². The Morgan fingerprint density at radius 1 is 0.352 bits per heavy atom. The van der Waals surface area contributed by atoms with Crippen LogP contribution in [-0.2, 0) is 10.8 Å². The molecule has 10 aromatic carbocycles. The van der Waals surface area contributed by atoms with Crippen molar-refractivity contribution in [3.8, 4) is 33.4 Å². The van der Waals surface area contributed by atoms with E-state index in [0.717, 1.165) is 94.0 Å². The van der Waals surface area contributed by atoms with Gasteiger partial charge in [-0.2, -0.15) is 0 Å². The third-order valence-electron chi connectivity index (χ3n) is 16.4. The van der Waals surface area contributed by atoms with Crippen molar-refractivity contribution in [3.63, 3.8) is 0 Å². The second-order valence-corrected chi connectivity index (χ2v) is 22.1. The quantitative estimate of drug-likeness (QED) is 0.176. The summed E-state index contributed by atoms with van der Waals surface area (Å²) < 4.78 is 21.2. The van der Waals surface area contributed by atoms with Crippen LogP contribution in [0.3, 0.4) is 0 Å². The monoisotopic (exact) mass is 929 g/mol. The van der Waals surface area contributed by atoms with Gasteiger partial charge >= 0.3 is 0 Å². The molecule has 0 aliphatic heterocycles. The Kier molecular flexibility index (Phi) is 7.64. The van der Waals surface area contributed by atoms with Crippen molar-refractivity contribution in [1.82, 2.24) is 0 Å². The Morgan fingerprint density at radius 2 is 0.831 bits per heavy atom. The van der Waals surface area contributed by atoms with Gasteiger partial charge in [-0.3, -0.25) is 0 Å². The lowest BCUT2D eigenvalue weighted by Crippen LogP contribution is -2.18. The van der Waals surface area contributed by atoms with Crippen molar-refractivity contribution < 1.29 is 13.3 Å². The molecular weight excluding hydrogens is 886 g/mol. The molecule has 71 heavy (non-hydrogen) atoms. The zero-order valence-electron chi connectivity index (χ0n) is 39.6. The highest BCUT2D eigenvalue weighted by Gasteiger charge is 2.44. The van der Waals surface area contributed by atoms with Gasteiger partial charge < -0.3 is 18.2 Å². The second-order valence-electron chi connectivity index (χ2n) is 20.8. The van der Waals surface area contributed by atoms with Crippen LogP contribution in [0.2, 0.25) is 0 Å². The lowest BCUT2D eigenvalue weighted by atomic mass is 9.81. The summed E-state index contributed by atoms with van der Waals surface area (Å²) in [4.78, 5) is 2.53. The van der Waals surface area contributed by atoms with Crippen LogP contribution in [-0.4, -0.2) is 0 Å².